The Kier molecular flexibility index (Phi) is 3.95. The van der Waals surface area contributed by atoms with E-state index in [1.807, 2.05) is 0 Å². The van der Waals surface area contributed by atoms with Gasteiger partial charge in [0.15, 0.2) is 12.0 Å². The predicted molar refractivity (Wildman–Crippen MR) is 62.4 cm³/mol. The van der Waals surface area contributed by atoms with Gasteiger partial charge in [-0.2, -0.15) is 9.67 Å². The average Bonchev–Trinajstić information content (AvgIpc) is 2.90. The second-order valence-electron chi connectivity index (χ2n) is 3.75. The first-order chi connectivity index (χ1) is 9.13. The zero-order valence-corrected chi connectivity index (χ0v) is 10.5. The molecular weight excluding hydrogens is 255 g/mol. The van der Waals surface area contributed by atoms with Gasteiger partial charge in [-0.15, -0.1) is 5.10 Å². The summed E-state index contributed by atoms with van der Waals surface area (Å²) in [5.41, 5.74) is -0.629. The van der Waals surface area contributed by atoms with Crippen molar-refractivity contribution in [1.29, 1.82) is 0 Å². The van der Waals surface area contributed by atoms with Crippen LogP contribution in [0.1, 0.15) is 20.1 Å². The fourth-order valence-electron chi connectivity index (χ4n) is 1.60. The molecule has 102 valence electrons. The van der Waals surface area contributed by atoms with Crippen LogP contribution in [0.3, 0.4) is 0 Å². The normalized spacial score (nSPS) is 14.3. The Hall–Kier alpha value is -2.16. The summed E-state index contributed by atoms with van der Waals surface area (Å²) in [6, 6.07) is 1.51. The zero-order chi connectivity index (χ0) is 13.8. The standard InChI is InChI=1S/C10H13FN6O2/c1-3-19-9(7(2)11)16-5-4-8(13-10(16)18)17-6-12-14-15-17/h4-7,9H,3H2,1-2H3. The Morgan fingerprint density at radius 2 is 2.32 bits per heavy atom. The van der Waals surface area contributed by atoms with Crippen LogP contribution in [0.4, 0.5) is 4.39 Å². The highest BCUT2D eigenvalue weighted by molar-refractivity contribution is 5.15. The van der Waals surface area contributed by atoms with Crippen molar-refractivity contribution in [3.63, 3.8) is 0 Å². The summed E-state index contributed by atoms with van der Waals surface area (Å²) >= 11 is 0. The van der Waals surface area contributed by atoms with E-state index < -0.39 is 18.1 Å². The van der Waals surface area contributed by atoms with Crippen molar-refractivity contribution >= 4 is 0 Å². The predicted octanol–water partition coefficient (Wildman–Crippen LogP) is 0.112. The van der Waals surface area contributed by atoms with E-state index in [0.717, 1.165) is 4.57 Å². The van der Waals surface area contributed by atoms with Gasteiger partial charge in [-0.3, -0.25) is 4.57 Å². The van der Waals surface area contributed by atoms with Gasteiger partial charge in [0, 0.05) is 12.8 Å². The van der Waals surface area contributed by atoms with Crippen LogP contribution in [0.15, 0.2) is 23.4 Å². The Morgan fingerprint density at radius 1 is 1.53 bits per heavy atom. The Balaban J connectivity index is 2.36. The maximum atomic E-state index is 13.4. The molecule has 0 N–H and O–H groups in total. The van der Waals surface area contributed by atoms with Crippen molar-refractivity contribution in [2.24, 2.45) is 0 Å². The molecule has 0 aliphatic heterocycles. The number of rotatable bonds is 5. The number of alkyl halides is 1. The van der Waals surface area contributed by atoms with Gasteiger partial charge in [-0.05, 0) is 30.3 Å². The number of halogens is 1. The van der Waals surface area contributed by atoms with Crippen molar-refractivity contribution in [1.82, 2.24) is 29.8 Å². The summed E-state index contributed by atoms with van der Waals surface area (Å²) in [5.74, 6) is 0.257. The minimum absolute atomic E-state index is 0.257. The molecular formula is C10H13FN6O2. The van der Waals surface area contributed by atoms with Crippen LogP contribution < -0.4 is 5.69 Å². The molecule has 9 heteroatoms. The molecule has 8 nitrogen and oxygen atoms in total. The van der Waals surface area contributed by atoms with E-state index in [0.29, 0.717) is 6.61 Å². The van der Waals surface area contributed by atoms with Gasteiger partial charge in [0.2, 0.25) is 0 Å². The molecule has 2 aromatic heterocycles. The monoisotopic (exact) mass is 268 g/mol. The lowest BCUT2D eigenvalue weighted by atomic mass is 10.3. The molecule has 2 atom stereocenters. The minimum atomic E-state index is -1.33. The molecule has 2 rings (SSSR count). The summed E-state index contributed by atoms with van der Waals surface area (Å²) in [5, 5.41) is 10.5. The summed E-state index contributed by atoms with van der Waals surface area (Å²) in [6.45, 7) is 3.34. The second kappa shape index (κ2) is 5.65. The van der Waals surface area contributed by atoms with Crippen LogP contribution in [-0.2, 0) is 4.74 Å². The molecule has 19 heavy (non-hydrogen) atoms. The molecule has 2 unspecified atom stereocenters. The molecule has 2 aromatic rings. The van der Waals surface area contributed by atoms with Gasteiger partial charge in [-0.1, -0.05) is 0 Å². The van der Waals surface area contributed by atoms with E-state index >= 15 is 0 Å². The molecule has 2 heterocycles. The van der Waals surface area contributed by atoms with Crippen molar-refractivity contribution in [2.75, 3.05) is 6.61 Å². The van der Waals surface area contributed by atoms with Crippen LogP contribution in [0.2, 0.25) is 0 Å². The summed E-state index contributed by atoms with van der Waals surface area (Å²) in [4.78, 5) is 15.7. The van der Waals surface area contributed by atoms with Gasteiger partial charge in [-0.25, -0.2) is 9.18 Å². The molecule has 0 spiro atoms. The highest BCUT2D eigenvalue weighted by Gasteiger charge is 2.20. The SMILES string of the molecule is CCOC(C(C)F)n1ccc(-n2cnnn2)nc1=O. The van der Waals surface area contributed by atoms with Crippen molar-refractivity contribution in [2.45, 2.75) is 26.2 Å². The summed E-state index contributed by atoms with van der Waals surface area (Å²) < 4.78 is 21.0. The number of hydrogen-bond donors (Lipinski definition) is 0. The van der Waals surface area contributed by atoms with E-state index in [9.17, 15) is 9.18 Å². The molecule has 0 radical (unpaired) electrons. The first kappa shape index (κ1) is 13.3. The van der Waals surface area contributed by atoms with Crippen LogP contribution >= 0.6 is 0 Å². The average molecular weight is 268 g/mol. The number of nitrogens with zero attached hydrogens (tertiary/aromatic N) is 6. The molecule has 0 aromatic carbocycles. The zero-order valence-electron chi connectivity index (χ0n) is 10.5. The Labute approximate surface area is 107 Å². The van der Waals surface area contributed by atoms with E-state index in [2.05, 4.69) is 20.5 Å². The van der Waals surface area contributed by atoms with E-state index in [1.165, 1.54) is 30.2 Å². The number of hydrogen-bond acceptors (Lipinski definition) is 6. The van der Waals surface area contributed by atoms with Gasteiger partial charge in [0.25, 0.3) is 0 Å². The van der Waals surface area contributed by atoms with Gasteiger partial charge in [0.05, 0.1) is 0 Å². The number of aromatic nitrogens is 6. The molecule has 0 aliphatic rings. The number of ether oxygens (including phenoxy) is 1. The van der Waals surface area contributed by atoms with Crippen molar-refractivity contribution in [3.8, 4) is 5.82 Å². The van der Waals surface area contributed by atoms with E-state index in [-0.39, 0.29) is 5.82 Å². The van der Waals surface area contributed by atoms with E-state index in [1.54, 1.807) is 6.92 Å². The van der Waals surface area contributed by atoms with Crippen molar-refractivity contribution in [3.05, 3.63) is 29.1 Å². The Bertz CT molecular complexity index is 582. The maximum absolute atomic E-state index is 13.4. The third-order valence-corrected chi connectivity index (χ3v) is 2.40. The van der Waals surface area contributed by atoms with Gasteiger partial charge in [0.1, 0.15) is 12.5 Å². The third kappa shape index (κ3) is 2.81. The smallest absolute Gasteiger partial charge is 0.351 e. The van der Waals surface area contributed by atoms with Crippen molar-refractivity contribution < 1.29 is 9.13 Å². The lowest BCUT2D eigenvalue weighted by Gasteiger charge is -2.20. The molecule has 0 fully saturated rings. The molecule has 0 aliphatic carbocycles. The molecule has 0 amide bonds. The third-order valence-electron chi connectivity index (χ3n) is 2.40. The van der Waals surface area contributed by atoms with E-state index in [4.69, 9.17) is 4.74 Å². The fraction of sp³-hybridized carbons (Fsp3) is 0.500. The van der Waals surface area contributed by atoms with Crippen LogP contribution in [0.25, 0.3) is 5.82 Å². The fourth-order valence-corrected chi connectivity index (χ4v) is 1.60. The number of tetrazole rings is 1. The first-order valence-corrected chi connectivity index (χ1v) is 5.71. The van der Waals surface area contributed by atoms with Crippen LogP contribution in [0, 0.1) is 0 Å². The highest BCUT2D eigenvalue weighted by Crippen LogP contribution is 2.14. The van der Waals surface area contributed by atoms with Crippen LogP contribution in [0.5, 0.6) is 0 Å². The second-order valence-corrected chi connectivity index (χ2v) is 3.75. The lowest BCUT2D eigenvalue weighted by molar-refractivity contribution is -0.0423. The topological polar surface area (TPSA) is 87.7 Å². The lowest BCUT2D eigenvalue weighted by Crippen LogP contribution is -2.33. The largest absolute Gasteiger partial charge is 0.355 e. The van der Waals surface area contributed by atoms with Crippen LogP contribution in [-0.4, -0.2) is 42.5 Å². The summed E-state index contributed by atoms with van der Waals surface area (Å²) in [6.07, 6.45) is 0.387. The minimum Gasteiger partial charge on any atom is -0.355 e. The quantitative estimate of drug-likeness (QED) is 0.765. The maximum Gasteiger partial charge on any atom is 0.351 e. The Morgan fingerprint density at radius 3 is 2.84 bits per heavy atom. The van der Waals surface area contributed by atoms with Gasteiger partial charge < -0.3 is 4.74 Å². The molecule has 0 saturated heterocycles. The molecule has 0 saturated carbocycles. The first-order valence-electron chi connectivity index (χ1n) is 5.71. The molecule has 0 bridgehead atoms. The summed E-state index contributed by atoms with van der Waals surface area (Å²) in [7, 11) is 0. The highest BCUT2D eigenvalue weighted by atomic mass is 19.1. The van der Waals surface area contributed by atoms with Gasteiger partial charge >= 0.3 is 5.69 Å².